The second kappa shape index (κ2) is 14.0. The first-order valence-corrected chi connectivity index (χ1v) is 15.5. The van der Waals surface area contributed by atoms with Crippen LogP contribution >= 0.6 is 0 Å². The Labute approximate surface area is 267 Å². The van der Waals surface area contributed by atoms with Crippen molar-refractivity contribution < 1.29 is 19.1 Å². The highest BCUT2D eigenvalue weighted by Gasteiger charge is 2.43. The number of nitrogens with zero attached hydrogens (tertiary/aromatic N) is 1. The Bertz CT molecular complexity index is 1620. The predicted octanol–water partition coefficient (Wildman–Crippen LogP) is 7.98. The molecule has 2 atom stereocenters. The number of carbonyl (C=O) groups excluding carboxylic acids is 3. The van der Waals surface area contributed by atoms with Gasteiger partial charge in [0.2, 0.25) is 5.91 Å². The molecule has 0 heterocycles. The molecule has 0 saturated carbocycles. The van der Waals surface area contributed by atoms with Crippen LogP contribution in [0, 0.1) is 6.92 Å². The van der Waals surface area contributed by atoms with Gasteiger partial charge in [-0.25, -0.2) is 4.79 Å². The zero-order chi connectivity index (χ0) is 32.8. The Morgan fingerprint density at radius 1 is 0.800 bits per heavy atom. The molecule has 45 heavy (non-hydrogen) atoms. The molecule has 0 saturated heterocycles. The first-order chi connectivity index (χ1) is 21.3. The number of aryl methyl sites for hydroxylation is 1. The molecular weight excluding hydrogens is 562 g/mol. The van der Waals surface area contributed by atoms with Crippen LogP contribution in [-0.2, 0) is 20.7 Å². The zero-order valence-corrected chi connectivity index (χ0v) is 27.4. The topological polar surface area (TPSA) is 87.7 Å². The largest absolute Gasteiger partial charge is 0.444 e. The second-order valence-corrected chi connectivity index (χ2v) is 13.1. The summed E-state index contributed by atoms with van der Waals surface area (Å²) in [7, 11) is 0. The first-order valence-electron chi connectivity index (χ1n) is 15.5. The maximum Gasteiger partial charge on any atom is 0.408 e. The van der Waals surface area contributed by atoms with Crippen molar-refractivity contribution in [3.05, 3.63) is 114 Å². The molecule has 4 rings (SSSR count). The van der Waals surface area contributed by atoms with Gasteiger partial charge in [-0.1, -0.05) is 97.4 Å². The number of hydrogen-bond donors (Lipinski definition) is 2. The van der Waals surface area contributed by atoms with E-state index in [1.54, 1.807) is 25.7 Å². The average molecular weight is 608 g/mol. The molecule has 2 unspecified atom stereocenters. The number of hydrogen-bond acceptors (Lipinski definition) is 4. The Balaban J connectivity index is 1.79. The maximum atomic E-state index is 14.8. The fourth-order valence-electron chi connectivity index (χ4n) is 5.26. The summed E-state index contributed by atoms with van der Waals surface area (Å²) < 4.78 is 5.57. The minimum atomic E-state index is -0.991. The van der Waals surface area contributed by atoms with Crippen LogP contribution in [0.1, 0.15) is 70.7 Å². The number of alkyl carbamates (subject to hydrolysis) is 1. The van der Waals surface area contributed by atoms with E-state index in [1.807, 2.05) is 125 Å². The molecule has 0 aliphatic carbocycles. The number of amides is 3. The minimum Gasteiger partial charge on any atom is -0.444 e. The summed E-state index contributed by atoms with van der Waals surface area (Å²) in [5.74, 6) is -0.726. The fraction of sp³-hybridized carbons (Fsp3) is 0.342. The van der Waals surface area contributed by atoms with E-state index in [2.05, 4.69) is 10.6 Å². The van der Waals surface area contributed by atoms with Crippen LogP contribution in [0.4, 0.5) is 10.5 Å². The van der Waals surface area contributed by atoms with Gasteiger partial charge >= 0.3 is 6.09 Å². The first kappa shape index (κ1) is 33.2. The molecule has 0 fully saturated rings. The van der Waals surface area contributed by atoms with Crippen LogP contribution in [-0.4, -0.2) is 40.0 Å². The maximum absolute atomic E-state index is 14.8. The Hall–Kier alpha value is -4.65. The number of rotatable bonds is 10. The molecule has 0 aliphatic rings. The van der Waals surface area contributed by atoms with Crippen LogP contribution in [0.2, 0.25) is 0 Å². The summed E-state index contributed by atoms with van der Waals surface area (Å²) in [4.78, 5) is 44.0. The molecule has 236 valence electrons. The van der Waals surface area contributed by atoms with Crippen molar-refractivity contribution in [2.45, 2.75) is 84.5 Å². The van der Waals surface area contributed by atoms with Crippen molar-refractivity contribution >= 4 is 34.4 Å². The van der Waals surface area contributed by atoms with Crippen molar-refractivity contribution in [3.63, 3.8) is 0 Å². The Kier molecular flexibility index (Phi) is 10.3. The van der Waals surface area contributed by atoms with Gasteiger partial charge < -0.3 is 20.3 Å². The summed E-state index contributed by atoms with van der Waals surface area (Å²) >= 11 is 0. The third-order valence-electron chi connectivity index (χ3n) is 7.94. The van der Waals surface area contributed by atoms with E-state index in [-0.39, 0.29) is 18.2 Å². The summed E-state index contributed by atoms with van der Waals surface area (Å²) in [6, 6.07) is 28.9. The smallest absolute Gasteiger partial charge is 0.408 e. The lowest BCUT2D eigenvalue weighted by atomic mass is 9.91. The number of fused-ring (bicyclic) bond motifs is 1. The zero-order valence-electron chi connectivity index (χ0n) is 27.4. The Morgan fingerprint density at radius 3 is 2.04 bits per heavy atom. The van der Waals surface area contributed by atoms with E-state index in [4.69, 9.17) is 4.74 Å². The van der Waals surface area contributed by atoms with E-state index < -0.39 is 29.3 Å². The van der Waals surface area contributed by atoms with Crippen LogP contribution < -0.4 is 10.6 Å². The molecule has 2 N–H and O–H groups in total. The number of anilines is 1. The standard InChI is InChI=1S/C38H45N3O4/c1-8-38(6,7)41(35(43)32(24-27-14-10-9-11-15-27)40-36(44)45-37(3,4)5)33(29-20-18-26(2)19-21-29)34(42)39-31-23-22-28-16-12-13-17-30(28)25-31/h9-23,25,32-33H,8,24H2,1-7H3,(H,39,42)(H,40,44). The molecule has 0 aliphatic heterocycles. The fourth-order valence-corrected chi connectivity index (χ4v) is 5.26. The predicted molar refractivity (Wildman–Crippen MR) is 181 cm³/mol. The molecule has 0 aromatic heterocycles. The highest BCUT2D eigenvalue weighted by molar-refractivity contribution is 6.00. The van der Waals surface area contributed by atoms with E-state index in [0.29, 0.717) is 17.7 Å². The highest BCUT2D eigenvalue weighted by Crippen LogP contribution is 2.34. The average Bonchev–Trinajstić information content (AvgIpc) is 2.99. The van der Waals surface area contributed by atoms with Gasteiger partial charge in [-0.05, 0) is 82.0 Å². The molecule has 7 heteroatoms. The summed E-state index contributed by atoms with van der Waals surface area (Å²) in [5.41, 5.74) is 1.69. The van der Waals surface area contributed by atoms with Gasteiger partial charge in [0.25, 0.3) is 5.91 Å². The molecule has 0 bridgehead atoms. The molecule has 0 spiro atoms. The van der Waals surface area contributed by atoms with Gasteiger partial charge in [0, 0.05) is 17.6 Å². The van der Waals surface area contributed by atoms with Gasteiger partial charge in [-0.15, -0.1) is 0 Å². The van der Waals surface area contributed by atoms with Crippen molar-refractivity contribution in [2.24, 2.45) is 0 Å². The summed E-state index contributed by atoms with van der Waals surface area (Å²) in [5, 5.41) is 7.99. The number of carbonyl (C=O) groups is 3. The number of ether oxygens (including phenoxy) is 1. The van der Waals surface area contributed by atoms with Gasteiger partial charge in [0.1, 0.15) is 17.7 Å². The second-order valence-electron chi connectivity index (χ2n) is 13.1. The Morgan fingerprint density at radius 2 is 1.42 bits per heavy atom. The van der Waals surface area contributed by atoms with Gasteiger partial charge in [0.15, 0.2) is 0 Å². The van der Waals surface area contributed by atoms with E-state index in [1.165, 1.54) is 0 Å². The number of nitrogens with one attached hydrogen (secondary N) is 2. The molecule has 0 radical (unpaired) electrons. The van der Waals surface area contributed by atoms with E-state index in [0.717, 1.165) is 21.9 Å². The quantitative estimate of drug-likeness (QED) is 0.191. The van der Waals surface area contributed by atoms with Crippen molar-refractivity contribution in [2.75, 3.05) is 5.32 Å². The third kappa shape index (κ3) is 8.72. The van der Waals surface area contributed by atoms with E-state index >= 15 is 0 Å². The summed E-state index contributed by atoms with van der Waals surface area (Å²) in [6.45, 7) is 13.2. The summed E-state index contributed by atoms with van der Waals surface area (Å²) in [6.07, 6.45) is 0.0929. The van der Waals surface area contributed by atoms with Crippen LogP contribution in [0.5, 0.6) is 0 Å². The lowest BCUT2D eigenvalue weighted by molar-refractivity contribution is -0.147. The van der Waals surface area contributed by atoms with Crippen molar-refractivity contribution in [1.82, 2.24) is 10.2 Å². The van der Waals surface area contributed by atoms with Gasteiger partial charge in [-0.2, -0.15) is 0 Å². The molecule has 7 nitrogen and oxygen atoms in total. The lowest BCUT2D eigenvalue weighted by Crippen LogP contribution is -2.59. The normalized spacial score (nSPS) is 13.0. The molecular formula is C38H45N3O4. The van der Waals surface area contributed by atoms with Crippen LogP contribution in [0.15, 0.2) is 97.1 Å². The van der Waals surface area contributed by atoms with Gasteiger partial charge in [0.05, 0.1) is 0 Å². The monoisotopic (exact) mass is 607 g/mol. The van der Waals surface area contributed by atoms with Gasteiger partial charge in [-0.3, -0.25) is 9.59 Å². The highest BCUT2D eigenvalue weighted by atomic mass is 16.6. The number of benzene rings is 4. The SMILES string of the molecule is CCC(C)(C)N(C(=O)C(Cc1ccccc1)NC(=O)OC(C)(C)C)C(C(=O)Nc1ccc2ccccc2c1)c1ccc(C)cc1. The van der Waals surface area contributed by atoms with Crippen molar-refractivity contribution in [1.29, 1.82) is 0 Å². The van der Waals surface area contributed by atoms with E-state index in [9.17, 15) is 14.4 Å². The third-order valence-corrected chi connectivity index (χ3v) is 7.94. The molecule has 3 amide bonds. The molecule has 4 aromatic carbocycles. The van der Waals surface area contributed by atoms with Crippen LogP contribution in [0.3, 0.4) is 0 Å². The van der Waals surface area contributed by atoms with Crippen molar-refractivity contribution in [3.8, 4) is 0 Å². The molecule has 4 aromatic rings. The minimum absolute atomic E-state index is 0.224. The lowest BCUT2D eigenvalue weighted by Gasteiger charge is -2.44. The van der Waals surface area contributed by atoms with Crippen LogP contribution in [0.25, 0.3) is 10.8 Å².